The molecule has 0 fully saturated rings. The van der Waals surface area contributed by atoms with Gasteiger partial charge >= 0.3 is 12.0 Å². The molecule has 1 aromatic carbocycles. The summed E-state index contributed by atoms with van der Waals surface area (Å²) in [4.78, 5) is 21.9. The Morgan fingerprint density at radius 2 is 1.95 bits per heavy atom. The molecule has 1 rings (SSSR count). The second-order valence-electron chi connectivity index (χ2n) is 4.11. The summed E-state index contributed by atoms with van der Waals surface area (Å²) in [5.74, 6) is -0.592. The second kappa shape index (κ2) is 7.25. The maximum Gasteiger partial charge on any atom is 0.341 e. The lowest BCUT2D eigenvalue weighted by atomic mass is 10.3. The van der Waals surface area contributed by atoms with Gasteiger partial charge < -0.3 is 20.5 Å². The predicted octanol–water partition coefficient (Wildman–Crippen LogP) is 2.07. The third-order valence-electron chi connectivity index (χ3n) is 2.46. The Labute approximate surface area is 111 Å². The quantitative estimate of drug-likeness (QED) is 0.735. The lowest BCUT2D eigenvalue weighted by Crippen LogP contribution is -2.35. The van der Waals surface area contributed by atoms with Gasteiger partial charge in [0.15, 0.2) is 6.61 Å². The molecule has 1 atom stereocenters. The van der Waals surface area contributed by atoms with Crippen molar-refractivity contribution >= 4 is 17.7 Å². The molecule has 19 heavy (non-hydrogen) atoms. The molecular formula is C13H18N2O4. The van der Waals surface area contributed by atoms with Gasteiger partial charge in [0.2, 0.25) is 0 Å². The number of aliphatic carboxylic acids is 1. The molecule has 0 heterocycles. The monoisotopic (exact) mass is 266 g/mol. The molecule has 2 amide bonds. The van der Waals surface area contributed by atoms with Crippen molar-refractivity contribution in [1.82, 2.24) is 5.32 Å². The summed E-state index contributed by atoms with van der Waals surface area (Å²) in [5.41, 5.74) is 0.614. The van der Waals surface area contributed by atoms with Crippen LogP contribution in [0.1, 0.15) is 20.3 Å². The minimum Gasteiger partial charge on any atom is -0.482 e. The summed E-state index contributed by atoms with van der Waals surface area (Å²) in [6, 6.07) is 6.33. The SMILES string of the molecule is CCC(C)NC(=O)Nc1ccc(OCC(=O)O)cc1. The second-order valence-corrected chi connectivity index (χ2v) is 4.11. The molecule has 104 valence electrons. The molecule has 6 nitrogen and oxygen atoms in total. The van der Waals surface area contributed by atoms with Gasteiger partial charge in [0.05, 0.1) is 0 Å². The van der Waals surface area contributed by atoms with E-state index in [0.29, 0.717) is 11.4 Å². The number of carbonyl (C=O) groups is 2. The summed E-state index contributed by atoms with van der Waals surface area (Å²) in [6.07, 6.45) is 0.857. The largest absolute Gasteiger partial charge is 0.482 e. The number of hydrogen-bond donors (Lipinski definition) is 3. The molecule has 0 bridgehead atoms. The fraction of sp³-hybridized carbons (Fsp3) is 0.385. The Hall–Kier alpha value is -2.24. The van der Waals surface area contributed by atoms with Crippen LogP contribution in [0.4, 0.5) is 10.5 Å². The van der Waals surface area contributed by atoms with E-state index in [1.165, 1.54) is 0 Å². The standard InChI is InChI=1S/C13H18N2O4/c1-3-9(2)14-13(18)15-10-4-6-11(7-5-10)19-8-12(16)17/h4-7,9H,3,8H2,1-2H3,(H,16,17)(H2,14,15,18). The minimum atomic E-state index is -1.03. The van der Waals surface area contributed by atoms with E-state index in [1.807, 2.05) is 13.8 Å². The van der Waals surface area contributed by atoms with Crippen LogP contribution < -0.4 is 15.4 Å². The van der Waals surface area contributed by atoms with Crippen LogP contribution >= 0.6 is 0 Å². The van der Waals surface area contributed by atoms with Gasteiger partial charge in [-0.1, -0.05) is 6.92 Å². The lowest BCUT2D eigenvalue weighted by molar-refractivity contribution is -0.139. The Morgan fingerprint density at radius 1 is 1.32 bits per heavy atom. The van der Waals surface area contributed by atoms with Crippen LogP contribution in [0.5, 0.6) is 5.75 Å². The summed E-state index contributed by atoms with van der Waals surface area (Å²) >= 11 is 0. The normalized spacial score (nSPS) is 11.5. The van der Waals surface area contributed by atoms with Gasteiger partial charge in [0, 0.05) is 11.7 Å². The van der Waals surface area contributed by atoms with Gasteiger partial charge in [-0.2, -0.15) is 0 Å². The van der Waals surface area contributed by atoms with Gasteiger partial charge in [-0.3, -0.25) is 0 Å². The van der Waals surface area contributed by atoms with E-state index in [2.05, 4.69) is 10.6 Å². The molecule has 1 aromatic rings. The highest BCUT2D eigenvalue weighted by atomic mass is 16.5. The molecule has 0 radical (unpaired) electrons. The number of benzene rings is 1. The highest BCUT2D eigenvalue weighted by molar-refractivity contribution is 5.89. The van der Waals surface area contributed by atoms with Crippen LogP contribution in [0.15, 0.2) is 24.3 Å². The Morgan fingerprint density at radius 3 is 2.47 bits per heavy atom. The van der Waals surface area contributed by atoms with E-state index in [9.17, 15) is 9.59 Å². The Kier molecular flexibility index (Phi) is 5.66. The van der Waals surface area contributed by atoms with E-state index in [-0.39, 0.29) is 18.7 Å². The highest BCUT2D eigenvalue weighted by Gasteiger charge is 2.05. The van der Waals surface area contributed by atoms with E-state index in [0.717, 1.165) is 6.42 Å². The molecule has 0 aliphatic heterocycles. The summed E-state index contributed by atoms with van der Waals surface area (Å²) < 4.78 is 4.98. The van der Waals surface area contributed by atoms with Gasteiger partial charge in [-0.25, -0.2) is 9.59 Å². The summed E-state index contributed by atoms with van der Waals surface area (Å²) in [7, 11) is 0. The fourth-order valence-corrected chi connectivity index (χ4v) is 1.27. The van der Waals surface area contributed by atoms with Gasteiger partial charge in [0.25, 0.3) is 0 Å². The van der Waals surface area contributed by atoms with E-state index in [1.54, 1.807) is 24.3 Å². The average molecular weight is 266 g/mol. The smallest absolute Gasteiger partial charge is 0.341 e. The zero-order valence-electron chi connectivity index (χ0n) is 11.0. The number of ether oxygens (including phenoxy) is 1. The average Bonchev–Trinajstić information content (AvgIpc) is 2.37. The van der Waals surface area contributed by atoms with Crippen molar-refractivity contribution in [3.63, 3.8) is 0 Å². The first kappa shape index (κ1) is 14.8. The van der Waals surface area contributed by atoms with Crippen LogP contribution in [0.25, 0.3) is 0 Å². The fourth-order valence-electron chi connectivity index (χ4n) is 1.27. The van der Waals surface area contributed by atoms with Crippen molar-refractivity contribution < 1.29 is 19.4 Å². The molecular weight excluding hydrogens is 248 g/mol. The van der Waals surface area contributed by atoms with E-state index in [4.69, 9.17) is 9.84 Å². The van der Waals surface area contributed by atoms with Crippen molar-refractivity contribution in [2.24, 2.45) is 0 Å². The maximum absolute atomic E-state index is 11.6. The molecule has 3 N–H and O–H groups in total. The Balaban J connectivity index is 2.47. The zero-order valence-corrected chi connectivity index (χ0v) is 11.0. The first-order valence-electron chi connectivity index (χ1n) is 6.03. The maximum atomic E-state index is 11.6. The first-order chi connectivity index (χ1) is 9.01. The number of nitrogens with one attached hydrogen (secondary N) is 2. The number of carboxylic acid groups (broad SMARTS) is 1. The van der Waals surface area contributed by atoms with Crippen LogP contribution in [0.3, 0.4) is 0 Å². The van der Waals surface area contributed by atoms with Crippen molar-refractivity contribution in [2.45, 2.75) is 26.3 Å². The third kappa shape index (κ3) is 5.76. The van der Waals surface area contributed by atoms with Gasteiger partial charge in [-0.15, -0.1) is 0 Å². The lowest BCUT2D eigenvalue weighted by Gasteiger charge is -2.12. The number of urea groups is 1. The van der Waals surface area contributed by atoms with Gasteiger partial charge in [-0.05, 0) is 37.6 Å². The van der Waals surface area contributed by atoms with Crippen molar-refractivity contribution in [3.05, 3.63) is 24.3 Å². The van der Waals surface area contributed by atoms with Crippen molar-refractivity contribution in [2.75, 3.05) is 11.9 Å². The summed E-state index contributed by atoms with van der Waals surface area (Å²) in [5, 5.41) is 13.9. The third-order valence-corrected chi connectivity index (χ3v) is 2.46. The number of amides is 2. The van der Waals surface area contributed by atoms with Gasteiger partial charge in [0.1, 0.15) is 5.75 Å². The van der Waals surface area contributed by atoms with Crippen molar-refractivity contribution in [3.8, 4) is 5.75 Å². The number of carboxylic acids is 1. The molecule has 0 spiro atoms. The number of anilines is 1. The molecule has 0 aliphatic rings. The number of hydrogen-bond acceptors (Lipinski definition) is 3. The van der Waals surface area contributed by atoms with Crippen LogP contribution in [-0.2, 0) is 4.79 Å². The van der Waals surface area contributed by atoms with E-state index < -0.39 is 5.97 Å². The molecule has 0 aliphatic carbocycles. The first-order valence-corrected chi connectivity index (χ1v) is 6.03. The predicted molar refractivity (Wildman–Crippen MR) is 71.5 cm³/mol. The van der Waals surface area contributed by atoms with Crippen LogP contribution in [0, 0.1) is 0 Å². The Bertz CT molecular complexity index is 431. The number of carbonyl (C=O) groups excluding carboxylic acids is 1. The molecule has 6 heteroatoms. The van der Waals surface area contributed by atoms with Crippen LogP contribution in [0.2, 0.25) is 0 Å². The zero-order chi connectivity index (χ0) is 14.3. The summed E-state index contributed by atoms with van der Waals surface area (Å²) in [6.45, 7) is 3.52. The molecule has 1 unspecified atom stereocenters. The molecule has 0 saturated heterocycles. The minimum absolute atomic E-state index is 0.109. The van der Waals surface area contributed by atoms with E-state index >= 15 is 0 Å². The van der Waals surface area contributed by atoms with Crippen molar-refractivity contribution in [1.29, 1.82) is 0 Å². The molecule has 0 saturated carbocycles. The highest BCUT2D eigenvalue weighted by Crippen LogP contribution is 2.15. The molecule has 0 aromatic heterocycles. The topological polar surface area (TPSA) is 87.7 Å². The van der Waals surface area contributed by atoms with Crippen LogP contribution in [-0.4, -0.2) is 29.8 Å². The number of rotatable bonds is 6.